The van der Waals surface area contributed by atoms with Gasteiger partial charge in [-0.25, -0.2) is 4.98 Å². The molecule has 0 unspecified atom stereocenters. The molecule has 0 bridgehead atoms. The number of hydrogen-bond acceptors (Lipinski definition) is 3. The van der Waals surface area contributed by atoms with Crippen molar-refractivity contribution in [3.63, 3.8) is 0 Å². The fourth-order valence-electron chi connectivity index (χ4n) is 1.70. The number of rotatable bonds is 1. The van der Waals surface area contributed by atoms with E-state index in [4.69, 9.17) is 13.4 Å². The van der Waals surface area contributed by atoms with Gasteiger partial charge in [0, 0.05) is 17.3 Å². The van der Waals surface area contributed by atoms with Gasteiger partial charge in [-0.3, -0.25) is 0 Å². The summed E-state index contributed by atoms with van der Waals surface area (Å²) in [5.41, 5.74) is -1.90. The fraction of sp³-hybridized carbons (Fsp3) is 0.727. The predicted molar refractivity (Wildman–Crippen MR) is 63.9 cm³/mol. The molecule has 106 valence electrons. The maximum Gasteiger partial charge on any atom is 0.514 e. The highest BCUT2D eigenvalue weighted by atomic mass is 19.4. The van der Waals surface area contributed by atoms with Crippen molar-refractivity contribution in [2.24, 2.45) is 6.98 Å². The Kier molecular flexibility index (Phi) is 2.25. The quantitative estimate of drug-likeness (QED) is 0.735. The molecule has 8 heteroatoms. The lowest BCUT2D eigenvalue weighted by molar-refractivity contribution is -0.146. The van der Waals surface area contributed by atoms with Crippen LogP contribution in [0.25, 0.3) is 0 Å². The van der Waals surface area contributed by atoms with Crippen LogP contribution in [-0.2, 0) is 22.5 Å². The van der Waals surface area contributed by atoms with Crippen LogP contribution < -0.4 is 5.59 Å². The van der Waals surface area contributed by atoms with Gasteiger partial charge >= 0.3 is 13.3 Å². The van der Waals surface area contributed by atoms with Gasteiger partial charge in [0.25, 0.3) is 0 Å². The lowest BCUT2D eigenvalue weighted by Crippen LogP contribution is -2.41. The van der Waals surface area contributed by atoms with Gasteiger partial charge in [-0.1, -0.05) is 0 Å². The van der Waals surface area contributed by atoms with Crippen LogP contribution in [-0.4, -0.2) is 27.9 Å². The molecule has 1 aromatic heterocycles. The second kappa shape index (κ2) is 3.99. The van der Waals surface area contributed by atoms with Crippen molar-refractivity contribution in [2.75, 3.05) is 0 Å². The lowest BCUT2D eigenvalue weighted by atomic mass is 9.85. The number of imidazole rings is 1. The fourth-order valence-corrected chi connectivity index (χ4v) is 1.70. The van der Waals surface area contributed by atoms with Gasteiger partial charge in [-0.2, -0.15) is 13.2 Å². The minimum absolute atomic E-state index is 0.148. The first-order valence-electron chi connectivity index (χ1n) is 7.18. The monoisotopic (exact) mass is 279 g/mol. The van der Waals surface area contributed by atoms with Crippen LogP contribution in [0.1, 0.15) is 37.6 Å². The molecule has 0 atom stereocenters. The van der Waals surface area contributed by atoms with Crippen molar-refractivity contribution >= 4 is 12.7 Å². The summed E-state index contributed by atoms with van der Waals surface area (Å²) < 4.78 is 72.3. The third kappa shape index (κ3) is 2.27. The molecule has 0 aromatic carbocycles. The number of aromatic nitrogens is 2. The van der Waals surface area contributed by atoms with E-state index in [0.29, 0.717) is 0 Å². The summed E-state index contributed by atoms with van der Waals surface area (Å²) >= 11 is 0. The molecular formula is C11H16BF3N2O2. The van der Waals surface area contributed by atoms with E-state index in [0.717, 1.165) is 6.20 Å². The first-order chi connectivity index (χ1) is 9.67. The smallest absolute Gasteiger partial charge is 0.398 e. The van der Waals surface area contributed by atoms with Crippen molar-refractivity contribution in [1.29, 1.82) is 0 Å². The SMILES string of the molecule is [2H]C([2H])([2H])n1c(B2OC(C)(C)C(C)(C)O2)cnc1C(F)(F)F. The van der Waals surface area contributed by atoms with E-state index >= 15 is 0 Å². The highest BCUT2D eigenvalue weighted by Gasteiger charge is 2.53. The average molecular weight is 279 g/mol. The van der Waals surface area contributed by atoms with Gasteiger partial charge in [0.2, 0.25) is 5.82 Å². The largest absolute Gasteiger partial charge is 0.514 e. The van der Waals surface area contributed by atoms with Crippen molar-refractivity contribution in [1.82, 2.24) is 9.55 Å². The van der Waals surface area contributed by atoms with Gasteiger partial charge < -0.3 is 13.9 Å². The third-order valence-electron chi connectivity index (χ3n) is 3.54. The Morgan fingerprint density at radius 3 is 2.21 bits per heavy atom. The minimum atomic E-state index is -4.89. The van der Waals surface area contributed by atoms with E-state index in [1.807, 2.05) is 0 Å². The Labute approximate surface area is 114 Å². The number of alkyl halides is 3. The first kappa shape index (κ1) is 10.7. The van der Waals surface area contributed by atoms with E-state index in [1.54, 1.807) is 27.7 Å². The molecule has 0 radical (unpaired) electrons. The molecule has 0 spiro atoms. The second-order valence-corrected chi connectivity index (χ2v) is 5.43. The van der Waals surface area contributed by atoms with Crippen LogP contribution in [0.2, 0.25) is 0 Å². The van der Waals surface area contributed by atoms with Gasteiger partial charge in [-0.05, 0) is 27.7 Å². The molecule has 1 aliphatic rings. The Morgan fingerprint density at radius 1 is 1.26 bits per heavy atom. The van der Waals surface area contributed by atoms with Gasteiger partial charge in [-0.15, -0.1) is 0 Å². The summed E-state index contributed by atoms with van der Waals surface area (Å²) in [7, 11) is -1.24. The second-order valence-electron chi connectivity index (χ2n) is 5.43. The summed E-state index contributed by atoms with van der Waals surface area (Å²) in [6.07, 6.45) is -4.06. The standard InChI is InChI=1S/C11H16BF3N2O2/c1-9(2)10(3,4)19-12(18-9)7-6-16-8(17(7)5)11(13,14)15/h6H,1-5H3/i5D3. The van der Waals surface area contributed by atoms with Gasteiger partial charge in [0.15, 0.2) is 0 Å². The van der Waals surface area contributed by atoms with E-state index in [-0.39, 0.29) is 10.2 Å². The van der Waals surface area contributed by atoms with Gasteiger partial charge in [0.05, 0.1) is 16.8 Å². The number of hydrogen-bond donors (Lipinski definition) is 0. The van der Waals surface area contributed by atoms with E-state index in [1.165, 1.54) is 0 Å². The number of halogens is 3. The highest BCUT2D eigenvalue weighted by Crippen LogP contribution is 2.36. The van der Waals surface area contributed by atoms with Crippen molar-refractivity contribution < 1.29 is 26.6 Å². The zero-order chi connectivity index (χ0) is 17.1. The van der Waals surface area contributed by atoms with Crippen molar-refractivity contribution in [2.45, 2.75) is 45.1 Å². The molecule has 2 rings (SSSR count). The van der Waals surface area contributed by atoms with Crippen LogP contribution >= 0.6 is 0 Å². The minimum Gasteiger partial charge on any atom is -0.398 e. The third-order valence-corrected chi connectivity index (χ3v) is 3.54. The molecule has 1 saturated heterocycles. The summed E-state index contributed by atoms with van der Waals surface area (Å²) in [6, 6.07) is 0. The van der Waals surface area contributed by atoms with Crippen LogP contribution in [0.5, 0.6) is 0 Å². The summed E-state index contributed by atoms with van der Waals surface area (Å²) in [4.78, 5) is 3.21. The van der Waals surface area contributed by atoms with Crippen molar-refractivity contribution in [3.8, 4) is 0 Å². The van der Waals surface area contributed by atoms with Crippen LogP contribution in [0, 0.1) is 0 Å². The zero-order valence-electron chi connectivity index (χ0n) is 14.0. The zero-order valence-corrected chi connectivity index (χ0v) is 11.0. The summed E-state index contributed by atoms with van der Waals surface area (Å²) in [5.74, 6) is -1.50. The molecule has 0 saturated carbocycles. The van der Waals surface area contributed by atoms with E-state index < -0.39 is 37.3 Å². The molecule has 1 aromatic rings. The highest BCUT2D eigenvalue weighted by molar-refractivity contribution is 6.61. The molecule has 4 nitrogen and oxygen atoms in total. The van der Waals surface area contributed by atoms with E-state index in [2.05, 4.69) is 4.98 Å². The molecule has 1 aliphatic heterocycles. The first-order valence-corrected chi connectivity index (χ1v) is 5.68. The van der Waals surface area contributed by atoms with Crippen molar-refractivity contribution in [3.05, 3.63) is 12.0 Å². The molecular weight excluding hydrogens is 260 g/mol. The topological polar surface area (TPSA) is 36.3 Å². The van der Waals surface area contributed by atoms with Crippen LogP contribution in [0.3, 0.4) is 0 Å². The molecule has 0 aliphatic carbocycles. The lowest BCUT2D eigenvalue weighted by Gasteiger charge is -2.32. The molecule has 0 amide bonds. The van der Waals surface area contributed by atoms with Crippen LogP contribution in [0.4, 0.5) is 13.2 Å². The summed E-state index contributed by atoms with van der Waals surface area (Å²) in [6.45, 7) is 3.81. The van der Waals surface area contributed by atoms with Gasteiger partial charge in [0.1, 0.15) is 0 Å². The normalized spacial score (nSPS) is 25.0. The molecule has 2 heterocycles. The maximum absolute atomic E-state index is 13.0. The average Bonchev–Trinajstić information content (AvgIpc) is 2.77. The predicted octanol–water partition coefficient (Wildman–Crippen LogP) is 1.74. The Hall–Kier alpha value is -1.02. The molecule has 19 heavy (non-hydrogen) atoms. The Balaban J connectivity index is 2.53. The Bertz CT molecular complexity index is 568. The van der Waals surface area contributed by atoms with Crippen LogP contribution in [0.15, 0.2) is 6.20 Å². The number of nitrogens with zero attached hydrogens (tertiary/aromatic N) is 2. The molecule has 1 fully saturated rings. The molecule has 0 N–H and O–H groups in total. The Morgan fingerprint density at radius 2 is 1.79 bits per heavy atom. The maximum atomic E-state index is 13.0. The summed E-state index contributed by atoms with van der Waals surface area (Å²) in [5, 5.41) is 0. The van der Waals surface area contributed by atoms with E-state index in [9.17, 15) is 13.2 Å².